The Balaban J connectivity index is 0.00000196. The van der Waals surface area contributed by atoms with E-state index in [1.165, 1.54) is 4.31 Å². The number of pyridine rings is 1. The molecule has 1 aromatic heterocycles. The number of hydrogen-bond donors (Lipinski definition) is 2. The van der Waals surface area contributed by atoms with Crippen molar-refractivity contribution < 1.29 is 17.9 Å². The van der Waals surface area contributed by atoms with E-state index in [0.717, 1.165) is 13.0 Å². The predicted octanol–water partition coefficient (Wildman–Crippen LogP) is 1.23. The fourth-order valence-electron chi connectivity index (χ4n) is 2.98. The van der Waals surface area contributed by atoms with Crippen LogP contribution in [-0.4, -0.2) is 56.4 Å². The minimum atomic E-state index is -3.83. The first-order valence-corrected chi connectivity index (χ1v) is 9.90. The summed E-state index contributed by atoms with van der Waals surface area (Å²) in [4.78, 5) is 15.8. The van der Waals surface area contributed by atoms with Gasteiger partial charge in [0.05, 0.1) is 6.54 Å². The summed E-state index contributed by atoms with van der Waals surface area (Å²) < 4.78 is 33.1. The lowest BCUT2D eigenvalue weighted by molar-refractivity contribution is -0.133. The molecule has 0 unspecified atom stereocenters. The van der Waals surface area contributed by atoms with Crippen molar-refractivity contribution in [3.63, 3.8) is 0 Å². The molecule has 1 saturated heterocycles. The van der Waals surface area contributed by atoms with Crippen molar-refractivity contribution in [2.45, 2.75) is 18.4 Å². The number of nitrogens with two attached hydrogens (primary N) is 1. The molecule has 0 amide bonds. The maximum absolute atomic E-state index is 13.2. The van der Waals surface area contributed by atoms with Crippen LogP contribution in [-0.2, 0) is 14.8 Å². The van der Waals surface area contributed by atoms with Crippen LogP contribution < -0.4 is 15.8 Å². The molecule has 0 saturated carbocycles. The molecule has 1 aromatic carbocycles. The second-order valence-corrected chi connectivity index (χ2v) is 7.93. The summed E-state index contributed by atoms with van der Waals surface area (Å²) in [7, 11) is -3.83. The second-order valence-electron chi connectivity index (χ2n) is 6.08. The summed E-state index contributed by atoms with van der Waals surface area (Å²) >= 11 is 0. The molecule has 0 radical (unpaired) electrons. The Morgan fingerprint density at radius 1 is 1.21 bits per heavy atom. The molecule has 3 N–H and O–H groups in total. The molecule has 8 nitrogen and oxygen atoms in total. The fourth-order valence-corrected chi connectivity index (χ4v) is 4.58. The Labute approximate surface area is 176 Å². The number of carbonyl (C=O) groups is 1. The standard InChI is InChI=1S/C17H22N4O4S.2ClH/c1-12-13-5-2-3-6-14(13)17(20-16(12)25-15(22)11-18)26(23,24)21-9-4-7-19-8-10-21;;/h2-3,5-6,19H,4,7-11,18H2,1H3;2*1H. The Kier molecular flexibility index (Phi) is 9.06. The summed E-state index contributed by atoms with van der Waals surface area (Å²) in [6.07, 6.45) is 0.720. The van der Waals surface area contributed by atoms with Crippen molar-refractivity contribution in [3.05, 3.63) is 29.8 Å². The highest BCUT2D eigenvalue weighted by atomic mass is 35.5. The van der Waals surface area contributed by atoms with Crippen LogP contribution in [0.5, 0.6) is 5.88 Å². The Morgan fingerprint density at radius 2 is 1.89 bits per heavy atom. The Bertz CT molecular complexity index is 932. The second kappa shape index (κ2) is 10.3. The molecule has 156 valence electrons. The van der Waals surface area contributed by atoms with Crippen LogP contribution >= 0.6 is 24.8 Å². The molecule has 2 heterocycles. The maximum Gasteiger partial charge on any atom is 0.326 e. The number of aromatic nitrogens is 1. The minimum Gasteiger partial charge on any atom is -0.406 e. The van der Waals surface area contributed by atoms with Crippen LogP contribution in [0.25, 0.3) is 10.8 Å². The number of fused-ring (bicyclic) bond motifs is 1. The third kappa shape index (κ3) is 4.91. The first kappa shape index (κ1) is 24.5. The average molecular weight is 451 g/mol. The molecule has 1 fully saturated rings. The van der Waals surface area contributed by atoms with Gasteiger partial charge in [0.1, 0.15) is 0 Å². The van der Waals surface area contributed by atoms with Crippen LogP contribution in [0.3, 0.4) is 0 Å². The van der Waals surface area contributed by atoms with E-state index in [0.29, 0.717) is 36.0 Å². The van der Waals surface area contributed by atoms with Crippen molar-refractivity contribution >= 4 is 51.6 Å². The SMILES string of the molecule is Cc1c(OC(=O)CN)nc(S(=O)(=O)N2CCCNCC2)c2ccccc12.Cl.Cl. The van der Waals surface area contributed by atoms with Gasteiger partial charge in [0.15, 0.2) is 5.03 Å². The zero-order valence-electron chi connectivity index (χ0n) is 15.4. The fraction of sp³-hybridized carbons (Fsp3) is 0.412. The highest BCUT2D eigenvalue weighted by Gasteiger charge is 2.30. The molecule has 2 aromatic rings. The van der Waals surface area contributed by atoms with Gasteiger partial charge >= 0.3 is 5.97 Å². The van der Waals surface area contributed by atoms with E-state index in [-0.39, 0.29) is 42.3 Å². The lowest BCUT2D eigenvalue weighted by Gasteiger charge is -2.21. The molecule has 1 aliphatic heterocycles. The van der Waals surface area contributed by atoms with Crippen LogP contribution in [0, 0.1) is 6.92 Å². The van der Waals surface area contributed by atoms with E-state index in [4.69, 9.17) is 10.5 Å². The van der Waals surface area contributed by atoms with Gasteiger partial charge in [0.25, 0.3) is 10.0 Å². The lowest BCUT2D eigenvalue weighted by Crippen LogP contribution is -2.35. The zero-order valence-corrected chi connectivity index (χ0v) is 17.8. The molecule has 0 spiro atoms. The number of nitrogens with one attached hydrogen (secondary N) is 1. The van der Waals surface area contributed by atoms with Gasteiger partial charge in [-0.05, 0) is 25.3 Å². The number of nitrogens with zero attached hydrogens (tertiary/aromatic N) is 2. The summed E-state index contributed by atoms with van der Waals surface area (Å²) in [5, 5.41) is 4.27. The topological polar surface area (TPSA) is 115 Å². The Hall–Kier alpha value is -1.49. The van der Waals surface area contributed by atoms with Gasteiger partial charge < -0.3 is 15.8 Å². The number of aryl methyl sites for hydroxylation is 1. The van der Waals surface area contributed by atoms with Gasteiger partial charge in [-0.25, -0.2) is 8.42 Å². The van der Waals surface area contributed by atoms with E-state index in [1.54, 1.807) is 31.2 Å². The number of hydrogen-bond acceptors (Lipinski definition) is 7. The number of rotatable bonds is 4. The van der Waals surface area contributed by atoms with Crippen molar-refractivity contribution in [1.82, 2.24) is 14.6 Å². The maximum atomic E-state index is 13.2. The van der Waals surface area contributed by atoms with Gasteiger partial charge in [-0.15, -0.1) is 24.8 Å². The van der Waals surface area contributed by atoms with E-state index in [9.17, 15) is 13.2 Å². The molecular formula is C17H24Cl2N4O4S. The third-order valence-electron chi connectivity index (χ3n) is 4.35. The molecule has 0 bridgehead atoms. The van der Waals surface area contributed by atoms with Crippen molar-refractivity contribution in [2.75, 3.05) is 32.7 Å². The molecule has 1 aliphatic rings. The lowest BCUT2D eigenvalue weighted by atomic mass is 10.1. The van der Waals surface area contributed by atoms with Crippen LogP contribution in [0.15, 0.2) is 29.3 Å². The number of esters is 1. The highest BCUT2D eigenvalue weighted by molar-refractivity contribution is 7.89. The molecule has 11 heteroatoms. The highest BCUT2D eigenvalue weighted by Crippen LogP contribution is 2.31. The van der Waals surface area contributed by atoms with Gasteiger partial charge in [-0.1, -0.05) is 24.3 Å². The normalized spacial score (nSPS) is 15.2. The van der Waals surface area contributed by atoms with Gasteiger partial charge in [0.2, 0.25) is 5.88 Å². The molecule has 3 rings (SSSR count). The first-order chi connectivity index (χ1) is 12.4. The zero-order chi connectivity index (χ0) is 18.7. The van der Waals surface area contributed by atoms with E-state index < -0.39 is 16.0 Å². The monoisotopic (exact) mass is 450 g/mol. The molecule has 0 aliphatic carbocycles. The van der Waals surface area contributed by atoms with Crippen LogP contribution in [0.4, 0.5) is 0 Å². The van der Waals surface area contributed by atoms with Crippen LogP contribution in [0.1, 0.15) is 12.0 Å². The predicted molar refractivity (Wildman–Crippen MR) is 112 cm³/mol. The largest absolute Gasteiger partial charge is 0.406 e. The van der Waals surface area contributed by atoms with E-state index in [1.807, 2.05) is 0 Å². The number of ether oxygens (including phenoxy) is 1. The average Bonchev–Trinajstić information content (AvgIpc) is 2.94. The van der Waals surface area contributed by atoms with Crippen molar-refractivity contribution in [2.24, 2.45) is 5.73 Å². The van der Waals surface area contributed by atoms with E-state index in [2.05, 4.69) is 10.3 Å². The number of carbonyl (C=O) groups excluding carboxylic acids is 1. The van der Waals surface area contributed by atoms with Crippen molar-refractivity contribution in [1.29, 1.82) is 0 Å². The minimum absolute atomic E-state index is 0. The van der Waals surface area contributed by atoms with Gasteiger partial charge in [0, 0.05) is 30.6 Å². The molecule has 28 heavy (non-hydrogen) atoms. The summed E-state index contributed by atoms with van der Waals surface area (Å²) in [5.74, 6) is -0.691. The smallest absolute Gasteiger partial charge is 0.326 e. The third-order valence-corrected chi connectivity index (χ3v) is 6.19. The van der Waals surface area contributed by atoms with Crippen molar-refractivity contribution in [3.8, 4) is 5.88 Å². The molecular weight excluding hydrogens is 427 g/mol. The summed E-state index contributed by atoms with van der Waals surface area (Å²) in [6.45, 7) is 3.56. The summed E-state index contributed by atoms with van der Waals surface area (Å²) in [6, 6.07) is 7.07. The van der Waals surface area contributed by atoms with Gasteiger partial charge in [-0.2, -0.15) is 9.29 Å². The first-order valence-electron chi connectivity index (χ1n) is 8.46. The molecule has 0 atom stereocenters. The quantitative estimate of drug-likeness (QED) is 0.672. The van der Waals surface area contributed by atoms with Crippen LogP contribution in [0.2, 0.25) is 0 Å². The van der Waals surface area contributed by atoms with E-state index >= 15 is 0 Å². The number of sulfonamides is 1. The summed E-state index contributed by atoms with van der Waals surface area (Å²) in [5.41, 5.74) is 5.90. The number of halogens is 2. The Morgan fingerprint density at radius 3 is 2.57 bits per heavy atom. The number of benzene rings is 1. The van der Waals surface area contributed by atoms with Gasteiger partial charge in [-0.3, -0.25) is 4.79 Å².